The quantitative estimate of drug-likeness (QED) is 0.0830. The lowest BCUT2D eigenvalue weighted by molar-refractivity contribution is -0.142. The number of hydrogen-bond acceptors (Lipinski definition) is 7. The van der Waals surface area contributed by atoms with Gasteiger partial charge in [-0.25, -0.2) is 14.8 Å². The lowest BCUT2D eigenvalue weighted by Gasteiger charge is -2.21. The molecule has 2 heterocycles. The van der Waals surface area contributed by atoms with E-state index in [1.54, 1.807) is 18.5 Å². The number of aromatic nitrogens is 2. The van der Waals surface area contributed by atoms with Crippen molar-refractivity contribution in [3.63, 3.8) is 0 Å². The molecule has 2 amide bonds. The van der Waals surface area contributed by atoms with E-state index in [4.69, 9.17) is 4.74 Å². The van der Waals surface area contributed by atoms with Crippen LogP contribution >= 0.6 is 11.3 Å². The molecule has 0 aliphatic heterocycles. The Kier molecular flexibility index (Phi) is 14.7. The molecule has 0 bridgehead atoms. The van der Waals surface area contributed by atoms with Crippen LogP contribution in [0.2, 0.25) is 0 Å². The molecule has 0 fully saturated rings. The maximum Gasteiger partial charge on any atom is 0.326 e. The van der Waals surface area contributed by atoms with E-state index < -0.39 is 24.0 Å². The summed E-state index contributed by atoms with van der Waals surface area (Å²) in [6.07, 6.45) is 11.5. The van der Waals surface area contributed by atoms with Crippen LogP contribution in [0.15, 0.2) is 73.1 Å². The molecule has 272 valence electrons. The van der Waals surface area contributed by atoms with Crippen molar-refractivity contribution in [2.75, 3.05) is 6.61 Å². The van der Waals surface area contributed by atoms with Crippen LogP contribution in [0, 0.1) is 0 Å². The number of nitrogens with one attached hydrogen (secondary N) is 2. The Morgan fingerprint density at radius 1 is 0.765 bits per heavy atom. The monoisotopic (exact) mass is 712 g/mol. The maximum absolute atomic E-state index is 13.5. The van der Waals surface area contributed by atoms with Crippen molar-refractivity contribution in [3.05, 3.63) is 88.4 Å². The van der Waals surface area contributed by atoms with Crippen LogP contribution in [-0.2, 0) is 21.4 Å². The molecule has 10 heteroatoms. The average molecular weight is 713 g/mol. The minimum atomic E-state index is -1.10. The number of rotatable bonds is 19. The fourth-order valence-electron chi connectivity index (χ4n) is 5.53. The Labute approximate surface area is 306 Å². The number of aliphatic carboxylic acids is 1. The highest BCUT2D eigenvalue weighted by Gasteiger charge is 2.28. The molecule has 0 aliphatic carbocycles. The molecule has 3 N–H and O–H groups in total. The number of unbranched alkanes of at least 4 members (excludes halogenated alkanes) is 5. The highest BCUT2D eigenvalue weighted by atomic mass is 32.1. The van der Waals surface area contributed by atoms with E-state index in [1.165, 1.54) is 37.0 Å². The smallest absolute Gasteiger partial charge is 0.326 e. The topological polar surface area (TPSA) is 131 Å². The van der Waals surface area contributed by atoms with Gasteiger partial charge in [-0.15, -0.1) is 11.3 Å². The van der Waals surface area contributed by atoms with Crippen molar-refractivity contribution in [1.82, 2.24) is 20.6 Å². The highest BCUT2D eigenvalue weighted by molar-refractivity contribution is 7.14. The number of carbonyl (C=O) groups is 3. The summed E-state index contributed by atoms with van der Waals surface area (Å²) < 4.78 is 5.89. The number of carboxylic acids is 1. The molecule has 2 atom stereocenters. The summed E-state index contributed by atoms with van der Waals surface area (Å²) in [7, 11) is 0. The van der Waals surface area contributed by atoms with E-state index in [-0.39, 0.29) is 17.7 Å². The van der Waals surface area contributed by atoms with Gasteiger partial charge in [0, 0.05) is 34.8 Å². The maximum atomic E-state index is 13.5. The van der Waals surface area contributed by atoms with Gasteiger partial charge < -0.3 is 20.5 Å². The fraction of sp³-hybridized carbons (Fsp3) is 0.439. The van der Waals surface area contributed by atoms with Crippen LogP contribution in [0.3, 0.4) is 0 Å². The van der Waals surface area contributed by atoms with E-state index in [0.717, 1.165) is 52.3 Å². The van der Waals surface area contributed by atoms with E-state index in [9.17, 15) is 19.5 Å². The minimum absolute atomic E-state index is 0.118. The summed E-state index contributed by atoms with van der Waals surface area (Å²) in [4.78, 5) is 49.5. The highest BCUT2D eigenvalue weighted by Crippen LogP contribution is 2.30. The fourth-order valence-corrected chi connectivity index (χ4v) is 6.50. The Bertz CT molecular complexity index is 1700. The molecule has 9 nitrogen and oxygen atoms in total. The third-order valence-electron chi connectivity index (χ3n) is 8.66. The van der Waals surface area contributed by atoms with E-state index in [2.05, 4.69) is 48.3 Å². The van der Waals surface area contributed by atoms with E-state index in [1.807, 2.05) is 61.5 Å². The number of thiophene rings is 1. The van der Waals surface area contributed by atoms with Crippen molar-refractivity contribution in [2.24, 2.45) is 0 Å². The van der Waals surface area contributed by atoms with Gasteiger partial charge in [0.1, 0.15) is 17.8 Å². The van der Waals surface area contributed by atoms with Crippen molar-refractivity contribution in [3.8, 4) is 28.3 Å². The average Bonchev–Trinajstić information content (AvgIpc) is 3.64. The van der Waals surface area contributed by atoms with Gasteiger partial charge in [-0.3, -0.25) is 9.59 Å². The van der Waals surface area contributed by atoms with Crippen molar-refractivity contribution >= 4 is 29.1 Å². The number of amides is 2. The number of benzene rings is 2. The molecule has 0 saturated carbocycles. The molecule has 2 aromatic carbocycles. The predicted molar refractivity (Wildman–Crippen MR) is 204 cm³/mol. The zero-order valence-corrected chi connectivity index (χ0v) is 31.4. The van der Waals surface area contributed by atoms with Gasteiger partial charge in [-0.1, -0.05) is 110 Å². The summed E-state index contributed by atoms with van der Waals surface area (Å²) in [5.41, 5.74) is 3.37. The van der Waals surface area contributed by atoms with Gasteiger partial charge in [0.05, 0.1) is 11.5 Å². The zero-order valence-electron chi connectivity index (χ0n) is 30.5. The van der Waals surface area contributed by atoms with Crippen LogP contribution in [0.4, 0.5) is 0 Å². The zero-order chi connectivity index (χ0) is 36.8. The molecule has 2 unspecified atom stereocenters. The molecule has 0 saturated heterocycles. The summed E-state index contributed by atoms with van der Waals surface area (Å²) in [5.74, 6) is -0.598. The van der Waals surface area contributed by atoms with Crippen molar-refractivity contribution < 1.29 is 24.2 Å². The number of hydrogen-bond donors (Lipinski definition) is 3. The van der Waals surface area contributed by atoms with Crippen molar-refractivity contribution in [1.29, 1.82) is 0 Å². The normalized spacial score (nSPS) is 12.6. The molecule has 51 heavy (non-hydrogen) atoms. The Balaban J connectivity index is 1.42. The SMILES string of the molecule is CCCCCCCOc1ccc(-c2cnc(-c3ccc(CC(NC(=O)c4ccc(C(C)(C)C)s4)C(=O)NC(CCCC)C(=O)O)cc3)nc2)cc1. The molecule has 0 aliphatic rings. The Morgan fingerprint density at radius 2 is 1.41 bits per heavy atom. The lowest BCUT2D eigenvalue weighted by atomic mass is 9.95. The second-order valence-electron chi connectivity index (χ2n) is 14.0. The van der Waals surface area contributed by atoms with Crippen LogP contribution in [-0.4, -0.2) is 51.5 Å². The van der Waals surface area contributed by atoms with Crippen LogP contribution in [0.25, 0.3) is 22.5 Å². The summed E-state index contributed by atoms with van der Waals surface area (Å²) in [5, 5.41) is 15.3. The third kappa shape index (κ3) is 12.0. The van der Waals surface area contributed by atoms with Gasteiger partial charge in [0.2, 0.25) is 5.91 Å². The Morgan fingerprint density at radius 3 is 2.02 bits per heavy atom. The molecule has 2 aromatic heterocycles. The molecule has 0 spiro atoms. The largest absolute Gasteiger partial charge is 0.494 e. The molecular formula is C41H52N4O5S. The third-order valence-corrected chi connectivity index (χ3v) is 10.2. The van der Waals surface area contributed by atoms with Gasteiger partial charge in [0.25, 0.3) is 5.91 Å². The standard InChI is InChI=1S/C41H52N4O5S/c1-6-8-10-11-12-24-50-32-20-18-29(19-21-32)31-26-42-37(43-27-31)30-16-14-28(15-17-30)25-34(38(46)44-33(40(48)49)13-9-7-2)45-39(47)35-22-23-36(51-35)41(3,4)5/h14-23,26-27,33-34H,6-13,24-25H2,1-5H3,(H,44,46)(H,45,47)(H,48,49). The molecule has 4 aromatic rings. The first-order valence-electron chi connectivity index (χ1n) is 18.1. The molecular weight excluding hydrogens is 661 g/mol. The Hall–Kier alpha value is -4.57. The number of nitrogens with zero attached hydrogens (tertiary/aromatic N) is 2. The second kappa shape index (κ2) is 19.2. The first-order valence-corrected chi connectivity index (χ1v) is 18.9. The first-order chi connectivity index (χ1) is 24.5. The number of carboxylic acid groups (broad SMARTS) is 1. The van der Waals surface area contributed by atoms with Crippen molar-refractivity contribution in [2.45, 2.75) is 110 Å². The molecule has 4 rings (SSSR count). The van der Waals surface area contributed by atoms with E-state index in [0.29, 0.717) is 23.5 Å². The first kappa shape index (κ1) is 39.2. The van der Waals surface area contributed by atoms with Gasteiger partial charge in [-0.05, 0) is 53.6 Å². The van der Waals surface area contributed by atoms with Gasteiger partial charge in [0.15, 0.2) is 5.82 Å². The van der Waals surface area contributed by atoms with Gasteiger partial charge >= 0.3 is 5.97 Å². The van der Waals surface area contributed by atoms with E-state index >= 15 is 0 Å². The minimum Gasteiger partial charge on any atom is -0.494 e. The summed E-state index contributed by atoms with van der Waals surface area (Å²) in [6, 6.07) is 17.1. The predicted octanol–water partition coefficient (Wildman–Crippen LogP) is 8.62. The lowest BCUT2D eigenvalue weighted by Crippen LogP contribution is -2.52. The molecule has 0 radical (unpaired) electrons. The number of carbonyl (C=O) groups excluding carboxylic acids is 2. The van der Waals surface area contributed by atoms with Crippen LogP contribution in [0.1, 0.15) is 106 Å². The van der Waals surface area contributed by atoms with Gasteiger partial charge in [-0.2, -0.15) is 0 Å². The summed E-state index contributed by atoms with van der Waals surface area (Å²) in [6.45, 7) is 11.1. The second-order valence-corrected chi connectivity index (χ2v) is 15.0. The van der Waals surface area contributed by atoms with Crippen LogP contribution < -0.4 is 15.4 Å². The summed E-state index contributed by atoms with van der Waals surface area (Å²) >= 11 is 1.39. The van der Waals surface area contributed by atoms with Crippen LogP contribution in [0.5, 0.6) is 5.75 Å². The number of ether oxygens (including phenoxy) is 1.